The third-order valence-corrected chi connectivity index (χ3v) is 4.97. The number of carbonyl (C=O) groups is 1. The van der Waals surface area contributed by atoms with Crippen molar-refractivity contribution in [1.29, 1.82) is 0 Å². The molecule has 4 aliphatic carbocycles. The second-order valence-corrected chi connectivity index (χ2v) is 6.60. The number of hydroxylamine groups is 1. The van der Waals surface area contributed by atoms with Crippen LogP contribution in [0, 0.1) is 17.8 Å². The predicted molar refractivity (Wildman–Crippen MR) is 70.4 cm³/mol. The molecule has 0 atom stereocenters. The van der Waals surface area contributed by atoms with Gasteiger partial charge in [-0.15, -0.1) is 0 Å². The Hall–Kier alpha value is -0.810. The van der Waals surface area contributed by atoms with Gasteiger partial charge < -0.3 is 10.1 Å². The van der Waals surface area contributed by atoms with Gasteiger partial charge in [0.25, 0.3) is 0 Å². The van der Waals surface area contributed by atoms with E-state index in [1.807, 2.05) is 0 Å². The Labute approximate surface area is 114 Å². The standard InChI is InChI=1S/C14H24N2O3/c1-18-2-3-19-16-13(17)15-14-7-10-4-11(8-14)6-12(5-10)9-14/h10-12H,2-9H2,1H3,(H2,15,16,17). The number of methoxy groups -OCH3 is 1. The van der Waals surface area contributed by atoms with E-state index >= 15 is 0 Å². The van der Waals surface area contributed by atoms with Crippen LogP contribution < -0.4 is 10.8 Å². The minimum atomic E-state index is -0.196. The summed E-state index contributed by atoms with van der Waals surface area (Å²) in [6.07, 6.45) is 7.62. The molecular weight excluding hydrogens is 244 g/mol. The minimum Gasteiger partial charge on any atom is -0.382 e. The molecule has 4 saturated carbocycles. The largest absolute Gasteiger partial charge is 0.382 e. The van der Waals surface area contributed by atoms with E-state index in [0.29, 0.717) is 13.2 Å². The van der Waals surface area contributed by atoms with E-state index in [-0.39, 0.29) is 11.6 Å². The van der Waals surface area contributed by atoms with Crippen molar-refractivity contribution in [2.24, 2.45) is 17.8 Å². The van der Waals surface area contributed by atoms with Crippen molar-refractivity contribution in [3.63, 3.8) is 0 Å². The number of amides is 2. The van der Waals surface area contributed by atoms with Crippen molar-refractivity contribution in [2.75, 3.05) is 20.3 Å². The fraction of sp³-hybridized carbons (Fsp3) is 0.929. The Morgan fingerprint density at radius 3 is 2.21 bits per heavy atom. The van der Waals surface area contributed by atoms with E-state index in [4.69, 9.17) is 9.57 Å². The molecule has 2 amide bonds. The van der Waals surface area contributed by atoms with Crippen molar-refractivity contribution in [1.82, 2.24) is 10.8 Å². The van der Waals surface area contributed by atoms with Gasteiger partial charge in [0, 0.05) is 12.6 Å². The maximum absolute atomic E-state index is 11.9. The SMILES string of the molecule is COCCONC(=O)NC12CC3CC(CC(C3)C1)C2. The summed E-state index contributed by atoms with van der Waals surface area (Å²) in [6, 6.07) is -0.196. The van der Waals surface area contributed by atoms with Gasteiger partial charge in [0.2, 0.25) is 0 Å². The quantitative estimate of drug-likeness (QED) is 0.591. The molecule has 0 aromatic rings. The second-order valence-electron chi connectivity index (χ2n) is 6.60. The van der Waals surface area contributed by atoms with Gasteiger partial charge in [-0.1, -0.05) is 0 Å². The Balaban J connectivity index is 1.50. The number of ether oxygens (including phenoxy) is 1. The summed E-state index contributed by atoms with van der Waals surface area (Å²) in [5.41, 5.74) is 2.51. The predicted octanol–water partition coefficient (Wildman–Crippen LogP) is 1.83. The fourth-order valence-electron chi connectivity index (χ4n) is 4.77. The normalized spacial score (nSPS) is 39.3. The number of hydrogen-bond acceptors (Lipinski definition) is 3. The number of rotatable bonds is 5. The topological polar surface area (TPSA) is 59.6 Å². The molecule has 4 fully saturated rings. The first-order valence-electron chi connectivity index (χ1n) is 7.38. The van der Waals surface area contributed by atoms with E-state index in [9.17, 15) is 4.79 Å². The average Bonchev–Trinajstić information content (AvgIpc) is 2.32. The van der Waals surface area contributed by atoms with Gasteiger partial charge in [0.1, 0.15) is 0 Å². The van der Waals surface area contributed by atoms with Crippen LogP contribution in [0.3, 0.4) is 0 Å². The van der Waals surface area contributed by atoms with E-state index in [0.717, 1.165) is 37.0 Å². The van der Waals surface area contributed by atoms with Gasteiger partial charge in [-0.05, 0) is 56.3 Å². The molecule has 4 aliphatic rings. The molecule has 0 aromatic heterocycles. The zero-order valence-electron chi connectivity index (χ0n) is 11.6. The van der Waals surface area contributed by atoms with Crippen LogP contribution in [-0.4, -0.2) is 31.9 Å². The summed E-state index contributed by atoms with van der Waals surface area (Å²) in [6.45, 7) is 0.864. The molecule has 5 heteroatoms. The maximum Gasteiger partial charge on any atom is 0.339 e. The van der Waals surface area contributed by atoms with Gasteiger partial charge in [-0.2, -0.15) is 0 Å². The molecule has 0 heterocycles. The molecular formula is C14H24N2O3. The minimum absolute atomic E-state index is 0.0451. The average molecular weight is 268 g/mol. The first kappa shape index (κ1) is 13.2. The van der Waals surface area contributed by atoms with Crippen LogP contribution in [-0.2, 0) is 9.57 Å². The Morgan fingerprint density at radius 1 is 1.11 bits per heavy atom. The highest BCUT2D eigenvalue weighted by Gasteiger charge is 2.51. The van der Waals surface area contributed by atoms with Crippen molar-refractivity contribution in [2.45, 2.75) is 44.1 Å². The Morgan fingerprint density at radius 2 is 1.68 bits per heavy atom. The molecule has 0 aliphatic heterocycles. The summed E-state index contributed by atoms with van der Waals surface area (Å²) in [4.78, 5) is 17.0. The smallest absolute Gasteiger partial charge is 0.339 e. The first-order valence-corrected chi connectivity index (χ1v) is 7.38. The van der Waals surface area contributed by atoms with Gasteiger partial charge in [-0.3, -0.25) is 4.84 Å². The lowest BCUT2D eigenvalue weighted by Gasteiger charge is -2.56. The highest BCUT2D eigenvalue weighted by Crippen LogP contribution is 2.55. The van der Waals surface area contributed by atoms with Crippen LogP contribution in [0.1, 0.15) is 38.5 Å². The van der Waals surface area contributed by atoms with Crippen LogP contribution in [0.5, 0.6) is 0 Å². The molecule has 0 spiro atoms. The van der Waals surface area contributed by atoms with Gasteiger partial charge in [0.15, 0.2) is 0 Å². The van der Waals surface area contributed by atoms with Crippen molar-refractivity contribution >= 4 is 6.03 Å². The number of hydrogen-bond donors (Lipinski definition) is 2. The third kappa shape index (κ3) is 2.87. The van der Waals surface area contributed by atoms with Crippen LogP contribution in [0.4, 0.5) is 4.79 Å². The zero-order valence-corrected chi connectivity index (χ0v) is 11.6. The number of carbonyl (C=O) groups excluding carboxylic acids is 1. The molecule has 2 N–H and O–H groups in total. The number of nitrogens with one attached hydrogen (secondary N) is 2. The van der Waals surface area contributed by atoms with Gasteiger partial charge in [0.05, 0.1) is 13.2 Å². The van der Waals surface area contributed by atoms with Gasteiger partial charge >= 0.3 is 6.03 Å². The molecule has 5 nitrogen and oxygen atoms in total. The van der Waals surface area contributed by atoms with Crippen LogP contribution in [0.25, 0.3) is 0 Å². The Bertz CT molecular complexity index is 310. The maximum atomic E-state index is 11.9. The molecule has 0 unspecified atom stereocenters. The number of urea groups is 1. The lowest BCUT2D eigenvalue weighted by atomic mass is 9.53. The van der Waals surface area contributed by atoms with Crippen molar-refractivity contribution in [3.05, 3.63) is 0 Å². The van der Waals surface area contributed by atoms with Crippen LogP contribution in [0.15, 0.2) is 0 Å². The van der Waals surface area contributed by atoms with E-state index < -0.39 is 0 Å². The van der Waals surface area contributed by atoms with Crippen molar-refractivity contribution < 1.29 is 14.4 Å². The zero-order chi connectivity index (χ0) is 13.3. The molecule has 19 heavy (non-hydrogen) atoms. The fourth-order valence-corrected chi connectivity index (χ4v) is 4.77. The summed E-state index contributed by atoms with van der Waals surface area (Å²) >= 11 is 0. The van der Waals surface area contributed by atoms with Crippen molar-refractivity contribution in [3.8, 4) is 0 Å². The molecule has 0 radical (unpaired) electrons. The van der Waals surface area contributed by atoms with Crippen LogP contribution in [0.2, 0.25) is 0 Å². The van der Waals surface area contributed by atoms with E-state index in [2.05, 4.69) is 10.8 Å². The monoisotopic (exact) mass is 268 g/mol. The second kappa shape index (κ2) is 5.29. The highest BCUT2D eigenvalue weighted by atomic mass is 16.7. The highest BCUT2D eigenvalue weighted by molar-refractivity contribution is 5.73. The molecule has 0 saturated heterocycles. The van der Waals surface area contributed by atoms with Gasteiger partial charge in [-0.25, -0.2) is 10.3 Å². The molecule has 4 bridgehead atoms. The van der Waals surface area contributed by atoms with E-state index in [1.54, 1.807) is 7.11 Å². The summed E-state index contributed by atoms with van der Waals surface area (Å²) in [5, 5.41) is 3.19. The molecule has 0 aromatic carbocycles. The Kier molecular flexibility index (Phi) is 3.67. The molecule has 4 rings (SSSR count). The summed E-state index contributed by atoms with van der Waals surface area (Å²) in [5.74, 6) is 2.50. The lowest BCUT2D eigenvalue weighted by Crippen LogP contribution is -2.61. The molecule has 108 valence electrons. The summed E-state index contributed by atoms with van der Waals surface area (Å²) in [7, 11) is 1.61. The van der Waals surface area contributed by atoms with Crippen LogP contribution >= 0.6 is 0 Å². The van der Waals surface area contributed by atoms with E-state index in [1.165, 1.54) is 19.3 Å². The lowest BCUT2D eigenvalue weighted by molar-refractivity contribution is -0.0210. The third-order valence-electron chi connectivity index (χ3n) is 4.97. The first-order chi connectivity index (χ1) is 9.19. The summed E-state index contributed by atoms with van der Waals surface area (Å²) < 4.78 is 4.86.